The minimum absolute atomic E-state index is 0.0715. The molecule has 0 unspecified atom stereocenters. The van der Waals surface area contributed by atoms with Crippen LogP contribution in [0.25, 0.3) is 0 Å². The summed E-state index contributed by atoms with van der Waals surface area (Å²) in [5.74, 6) is 0.664. The molecular weight excluding hydrogens is 399 g/mol. The zero-order valence-corrected chi connectivity index (χ0v) is 18.7. The number of benzene rings is 3. The average molecular weight is 426 g/mol. The SMILES string of the molecule is COc1ccccc1P(=O)(c1ccccc1OC)c1cc(O)cc(C(C)(C)C)c1O. The lowest BCUT2D eigenvalue weighted by atomic mass is 9.86. The summed E-state index contributed by atoms with van der Waals surface area (Å²) in [7, 11) is -0.689. The van der Waals surface area contributed by atoms with Crippen LogP contribution in [0.5, 0.6) is 23.0 Å². The molecule has 30 heavy (non-hydrogen) atoms. The fourth-order valence-corrected chi connectivity index (χ4v) is 6.64. The van der Waals surface area contributed by atoms with E-state index in [4.69, 9.17) is 9.47 Å². The smallest absolute Gasteiger partial charge is 0.182 e. The Morgan fingerprint density at radius 1 is 0.767 bits per heavy atom. The van der Waals surface area contributed by atoms with Gasteiger partial charge in [0, 0.05) is 5.56 Å². The van der Waals surface area contributed by atoms with Gasteiger partial charge in [0.2, 0.25) is 0 Å². The summed E-state index contributed by atoms with van der Waals surface area (Å²) in [6.07, 6.45) is 0. The Kier molecular flexibility index (Phi) is 5.87. The lowest BCUT2D eigenvalue weighted by molar-refractivity contribution is 0.416. The van der Waals surface area contributed by atoms with Crippen molar-refractivity contribution in [2.75, 3.05) is 14.2 Å². The van der Waals surface area contributed by atoms with Crippen LogP contribution in [0.2, 0.25) is 0 Å². The first-order chi connectivity index (χ1) is 14.1. The van der Waals surface area contributed by atoms with Crippen LogP contribution in [0, 0.1) is 0 Å². The van der Waals surface area contributed by atoms with Gasteiger partial charge in [0.15, 0.2) is 7.14 Å². The van der Waals surface area contributed by atoms with E-state index >= 15 is 0 Å². The van der Waals surface area contributed by atoms with E-state index in [-0.39, 0.29) is 16.8 Å². The normalized spacial score (nSPS) is 11.9. The van der Waals surface area contributed by atoms with Crippen molar-refractivity contribution in [1.82, 2.24) is 0 Å². The first-order valence-corrected chi connectivity index (χ1v) is 11.3. The molecule has 0 aliphatic heterocycles. The summed E-state index contributed by atoms with van der Waals surface area (Å²) in [6.45, 7) is 5.76. The molecule has 3 aromatic rings. The van der Waals surface area contributed by atoms with Crippen LogP contribution in [0.15, 0.2) is 60.7 Å². The van der Waals surface area contributed by atoms with Gasteiger partial charge in [0.25, 0.3) is 0 Å². The molecular formula is C24H27O5P. The molecule has 0 amide bonds. The molecule has 0 bridgehead atoms. The van der Waals surface area contributed by atoms with Crippen LogP contribution in [-0.4, -0.2) is 24.4 Å². The zero-order chi connectivity index (χ0) is 22.1. The standard InChI is InChI=1S/C24H27O5P/c1-24(2,3)17-14-16(25)15-22(23(17)26)30(27,20-12-8-6-10-18(20)28-4)21-13-9-7-11-19(21)29-5/h6-15,25-26H,1-5H3. The minimum atomic E-state index is -3.71. The Labute approximate surface area is 177 Å². The van der Waals surface area contributed by atoms with E-state index in [1.54, 1.807) is 48.5 Å². The van der Waals surface area contributed by atoms with Gasteiger partial charge >= 0.3 is 0 Å². The summed E-state index contributed by atoms with van der Waals surface area (Å²) in [6, 6.07) is 16.9. The third-order valence-corrected chi connectivity index (χ3v) is 8.19. The number of aromatic hydroxyl groups is 2. The summed E-state index contributed by atoms with van der Waals surface area (Å²) in [4.78, 5) is 0. The highest BCUT2D eigenvalue weighted by atomic mass is 31.2. The van der Waals surface area contributed by atoms with Crippen LogP contribution in [-0.2, 0) is 9.98 Å². The summed E-state index contributed by atoms with van der Waals surface area (Å²) >= 11 is 0. The number of phenolic OH excluding ortho intramolecular Hbond substituents is 2. The fourth-order valence-electron chi connectivity index (χ4n) is 3.59. The third kappa shape index (κ3) is 3.66. The topological polar surface area (TPSA) is 76.0 Å². The molecule has 2 N–H and O–H groups in total. The van der Waals surface area contributed by atoms with Gasteiger partial charge in [0.1, 0.15) is 23.0 Å². The molecule has 0 aliphatic rings. The maximum atomic E-state index is 15.0. The molecule has 0 spiro atoms. The molecule has 0 aromatic heterocycles. The van der Waals surface area contributed by atoms with E-state index in [1.165, 1.54) is 26.4 Å². The molecule has 0 atom stereocenters. The monoisotopic (exact) mass is 426 g/mol. The van der Waals surface area contributed by atoms with Crippen molar-refractivity contribution in [3.05, 3.63) is 66.2 Å². The molecule has 0 radical (unpaired) electrons. The van der Waals surface area contributed by atoms with E-state index < -0.39 is 12.6 Å². The van der Waals surface area contributed by atoms with Crippen molar-refractivity contribution < 1.29 is 24.3 Å². The van der Waals surface area contributed by atoms with Crippen molar-refractivity contribution in [3.63, 3.8) is 0 Å². The first-order valence-electron chi connectivity index (χ1n) is 9.58. The fraction of sp³-hybridized carbons (Fsp3) is 0.250. The van der Waals surface area contributed by atoms with Crippen LogP contribution >= 0.6 is 7.14 Å². The molecule has 6 heteroatoms. The maximum Gasteiger partial charge on any atom is 0.182 e. The first kappa shape index (κ1) is 21.8. The number of para-hydroxylation sites is 2. The Morgan fingerprint density at radius 3 is 1.67 bits per heavy atom. The highest BCUT2D eigenvalue weighted by Crippen LogP contribution is 2.51. The second-order valence-electron chi connectivity index (χ2n) is 8.06. The average Bonchev–Trinajstić information content (AvgIpc) is 2.73. The second kappa shape index (κ2) is 8.08. The van der Waals surface area contributed by atoms with Crippen molar-refractivity contribution in [3.8, 4) is 23.0 Å². The number of rotatable bonds is 5. The Balaban J connectivity index is 2.50. The number of methoxy groups -OCH3 is 2. The van der Waals surface area contributed by atoms with E-state index in [1.807, 2.05) is 20.8 Å². The number of hydrogen-bond donors (Lipinski definition) is 2. The van der Waals surface area contributed by atoms with Crippen molar-refractivity contribution >= 4 is 23.1 Å². The number of ether oxygens (including phenoxy) is 2. The van der Waals surface area contributed by atoms with Crippen LogP contribution in [0.4, 0.5) is 0 Å². The third-order valence-electron chi connectivity index (χ3n) is 5.07. The van der Waals surface area contributed by atoms with Gasteiger partial charge in [-0.3, -0.25) is 0 Å². The van der Waals surface area contributed by atoms with E-state index in [9.17, 15) is 14.8 Å². The lowest BCUT2D eigenvalue weighted by Crippen LogP contribution is -2.28. The number of hydrogen-bond acceptors (Lipinski definition) is 5. The van der Waals surface area contributed by atoms with Gasteiger partial charge in [-0.15, -0.1) is 0 Å². The molecule has 0 saturated heterocycles. The molecule has 158 valence electrons. The Hall–Kier alpha value is -2.91. The van der Waals surface area contributed by atoms with Crippen LogP contribution in [0.1, 0.15) is 26.3 Å². The van der Waals surface area contributed by atoms with E-state index in [0.29, 0.717) is 27.7 Å². The maximum absolute atomic E-state index is 15.0. The molecule has 0 saturated carbocycles. The molecule has 3 rings (SSSR count). The second-order valence-corrected chi connectivity index (χ2v) is 10.7. The summed E-state index contributed by atoms with van der Waals surface area (Å²) < 4.78 is 26.0. The van der Waals surface area contributed by atoms with Gasteiger partial charge in [-0.2, -0.15) is 0 Å². The largest absolute Gasteiger partial charge is 0.508 e. The number of phenols is 2. The molecule has 3 aromatic carbocycles. The quantitative estimate of drug-likeness (QED) is 0.476. The molecule has 5 nitrogen and oxygen atoms in total. The minimum Gasteiger partial charge on any atom is -0.508 e. The Bertz CT molecular complexity index is 1060. The van der Waals surface area contributed by atoms with Crippen molar-refractivity contribution in [1.29, 1.82) is 0 Å². The van der Waals surface area contributed by atoms with Crippen LogP contribution < -0.4 is 25.4 Å². The molecule has 0 fully saturated rings. The van der Waals surface area contributed by atoms with Gasteiger partial charge in [-0.05, 0) is 41.8 Å². The Morgan fingerprint density at radius 2 is 1.23 bits per heavy atom. The molecule has 0 heterocycles. The van der Waals surface area contributed by atoms with E-state index in [2.05, 4.69) is 0 Å². The van der Waals surface area contributed by atoms with E-state index in [0.717, 1.165) is 0 Å². The van der Waals surface area contributed by atoms with Gasteiger partial charge in [-0.1, -0.05) is 45.0 Å². The highest BCUT2D eigenvalue weighted by Gasteiger charge is 2.39. The predicted molar refractivity (Wildman–Crippen MR) is 121 cm³/mol. The van der Waals surface area contributed by atoms with Crippen LogP contribution in [0.3, 0.4) is 0 Å². The van der Waals surface area contributed by atoms with Gasteiger partial charge < -0.3 is 24.3 Å². The van der Waals surface area contributed by atoms with Gasteiger partial charge in [-0.25, -0.2) is 0 Å². The molecule has 0 aliphatic carbocycles. The predicted octanol–water partition coefficient (Wildman–Crippen LogP) is 4.05. The summed E-state index contributed by atoms with van der Waals surface area (Å²) in [5, 5.41) is 22.7. The van der Waals surface area contributed by atoms with Crippen molar-refractivity contribution in [2.24, 2.45) is 0 Å². The highest BCUT2D eigenvalue weighted by molar-refractivity contribution is 7.85. The lowest BCUT2D eigenvalue weighted by Gasteiger charge is -2.28. The van der Waals surface area contributed by atoms with Gasteiger partial charge in [0.05, 0.1) is 30.1 Å². The zero-order valence-electron chi connectivity index (χ0n) is 17.8. The van der Waals surface area contributed by atoms with Crippen molar-refractivity contribution in [2.45, 2.75) is 26.2 Å². The summed E-state index contributed by atoms with van der Waals surface area (Å²) in [5.41, 5.74) is 0.0201.